The number of halogens is 5. The van der Waals surface area contributed by atoms with Crippen LogP contribution in [0.3, 0.4) is 0 Å². The predicted molar refractivity (Wildman–Crippen MR) is 135 cm³/mol. The maximum Gasteiger partial charge on any atom is 0.418 e. The number of pyridine rings is 2. The lowest BCUT2D eigenvalue weighted by molar-refractivity contribution is -0.136. The maximum atomic E-state index is 14.0. The monoisotopic (exact) mass is 548 g/mol. The Balaban J connectivity index is 1.34. The number of rotatable bonds is 5. The molecule has 6 rings (SSSR count). The van der Waals surface area contributed by atoms with Crippen LogP contribution >= 0.6 is 23.2 Å². The standard InChI is InChI=1S/C25H21Cl2F3N6O/c1-13(21-18(26)7-31-8-19(21)27)37-15-4-16-22(34-35-23(16)17(5-15)25(28,29)30)14-2-3-20(33-6-14)36-11-24(12-36)9-32-10-24/h2-8,13,32H,9-12H2,1H3,(H,34,35)/t13-/m1/s1. The van der Waals surface area contributed by atoms with Crippen LogP contribution in [0.2, 0.25) is 10.0 Å². The average Bonchev–Trinajstić information content (AvgIpc) is 3.20. The van der Waals surface area contributed by atoms with Crippen molar-refractivity contribution in [2.24, 2.45) is 5.41 Å². The van der Waals surface area contributed by atoms with E-state index in [-0.39, 0.29) is 26.7 Å². The molecule has 12 heteroatoms. The van der Waals surface area contributed by atoms with Crippen molar-refractivity contribution in [3.05, 3.63) is 64.0 Å². The second kappa shape index (κ2) is 8.75. The van der Waals surface area contributed by atoms with E-state index in [9.17, 15) is 13.2 Å². The number of fused-ring (bicyclic) bond motifs is 1. The zero-order chi connectivity index (χ0) is 25.9. The molecule has 5 heterocycles. The van der Waals surface area contributed by atoms with Gasteiger partial charge in [-0.25, -0.2) is 4.98 Å². The third kappa shape index (κ3) is 4.26. The van der Waals surface area contributed by atoms with Gasteiger partial charge in [-0.1, -0.05) is 23.2 Å². The van der Waals surface area contributed by atoms with Crippen molar-refractivity contribution in [3.8, 4) is 17.0 Å². The second-order valence-corrected chi connectivity index (χ2v) is 10.4. The molecule has 0 saturated carbocycles. The van der Waals surface area contributed by atoms with E-state index in [0.29, 0.717) is 22.2 Å². The van der Waals surface area contributed by atoms with E-state index in [1.165, 1.54) is 18.5 Å². The number of benzene rings is 1. The van der Waals surface area contributed by atoms with Gasteiger partial charge in [-0.15, -0.1) is 0 Å². The highest BCUT2D eigenvalue weighted by Crippen LogP contribution is 2.42. The minimum atomic E-state index is -4.65. The molecule has 1 spiro atoms. The van der Waals surface area contributed by atoms with Crippen LogP contribution in [0.4, 0.5) is 19.0 Å². The first-order valence-electron chi connectivity index (χ1n) is 11.6. The van der Waals surface area contributed by atoms with Gasteiger partial charge in [-0.3, -0.25) is 10.1 Å². The molecule has 2 saturated heterocycles. The summed E-state index contributed by atoms with van der Waals surface area (Å²) < 4.78 is 47.9. The molecule has 1 atom stereocenters. The molecule has 1 aromatic carbocycles. The quantitative estimate of drug-likeness (QED) is 0.323. The summed E-state index contributed by atoms with van der Waals surface area (Å²) in [7, 11) is 0. The second-order valence-electron chi connectivity index (χ2n) is 9.60. The van der Waals surface area contributed by atoms with Crippen molar-refractivity contribution in [1.82, 2.24) is 25.5 Å². The van der Waals surface area contributed by atoms with E-state index in [1.807, 2.05) is 12.1 Å². The lowest BCUT2D eigenvalue weighted by atomic mass is 9.74. The van der Waals surface area contributed by atoms with Crippen molar-refractivity contribution in [2.75, 3.05) is 31.1 Å². The van der Waals surface area contributed by atoms with Gasteiger partial charge in [0.1, 0.15) is 23.2 Å². The molecule has 4 aromatic rings. The van der Waals surface area contributed by atoms with Gasteiger partial charge in [0.05, 0.1) is 21.3 Å². The molecule has 0 radical (unpaired) electrons. The van der Waals surface area contributed by atoms with Crippen molar-refractivity contribution in [3.63, 3.8) is 0 Å². The summed E-state index contributed by atoms with van der Waals surface area (Å²) in [6.07, 6.45) is -0.928. The Bertz CT molecular complexity index is 1460. The summed E-state index contributed by atoms with van der Waals surface area (Å²) in [5, 5.41) is 10.8. The molecule has 2 N–H and O–H groups in total. The fourth-order valence-electron chi connectivity index (χ4n) is 5.02. The number of aromatic amines is 1. The van der Waals surface area contributed by atoms with Crippen LogP contribution in [0.5, 0.6) is 5.75 Å². The van der Waals surface area contributed by atoms with Gasteiger partial charge in [0.15, 0.2) is 0 Å². The van der Waals surface area contributed by atoms with E-state index in [0.717, 1.165) is 38.1 Å². The highest BCUT2D eigenvalue weighted by atomic mass is 35.5. The van der Waals surface area contributed by atoms with E-state index < -0.39 is 17.8 Å². The summed E-state index contributed by atoms with van der Waals surface area (Å²) >= 11 is 12.4. The fourth-order valence-corrected chi connectivity index (χ4v) is 5.69. The van der Waals surface area contributed by atoms with Crippen LogP contribution in [0.25, 0.3) is 22.2 Å². The SMILES string of the molecule is C[C@@H](Oc1cc(C(F)(F)F)c2n[nH]c(-c3ccc(N4CC5(CNC5)C4)nc3)c2c1)c1c(Cl)cncc1Cl. The first-order valence-corrected chi connectivity index (χ1v) is 12.4. The number of alkyl halides is 3. The fraction of sp³-hybridized carbons (Fsp3) is 0.320. The summed E-state index contributed by atoms with van der Waals surface area (Å²) in [5.74, 6) is 0.841. The van der Waals surface area contributed by atoms with Crippen molar-refractivity contribution in [2.45, 2.75) is 19.2 Å². The maximum absolute atomic E-state index is 14.0. The molecule has 3 aromatic heterocycles. The molecule has 0 aliphatic carbocycles. The number of nitrogens with one attached hydrogen (secondary N) is 2. The third-order valence-corrected chi connectivity index (χ3v) is 7.56. The molecule has 37 heavy (non-hydrogen) atoms. The van der Waals surface area contributed by atoms with Crippen LogP contribution in [-0.2, 0) is 6.18 Å². The minimum Gasteiger partial charge on any atom is -0.486 e. The van der Waals surface area contributed by atoms with Crippen LogP contribution in [0, 0.1) is 5.41 Å². The normalized spacial score (nSPS) is 17.5. The zero-order valence-corrected chi connectivity index (χ0v) is 21.0. The molecule has 192 valence electrons. The number of nitrogens with zero attached hydrogens (tertiary/aromatic N) is 4. The Kier molecular flexibility index (Phi) is 5.74. The van der Waals surface area contributed by atoms with Gasteiger partial charge in [-0.2, -0.15) is 18.3 Å². The van der Waals surface area contributed by atoms with Crippen LogP contribution in [-0.4, -0.2) is 46.3 Å². The Hall–Kier alpha value is -3.08. The first kappa shape index (κ1) is 24.3. The van der Waals surface area contributed by atoms with Crippen LogP contribution in [0.15, 0.2) is 42.9 Å². The molecule has 2 aliphatic rings. The Morgan fingerprint density at radius 3 is 2.41 bits per heavy atom. The Morgan fingerprint density at radius 2 is 1.81 bits per heavy atom. The highest BCUT2D eigenvalue weighted by molar-refractivity contribution is 6.35. The zero-order valence-electron chi connectivity index (χ0n) is 19.5. The molecule has 0 unspecified atom stereocenters. The molecular weight excluding hydrogens is 528 g/mol. The number of H-pyrrole nitrogens is 1. The summed E-state index contributed by atoms with van der Waals surface area (Å²) in [6, 6.07) is 6.17. The Labute approximate surface area is 219 Å². The van der Waals surface area contributed by atoms with Gasteiger partial charge in [0.2, 0.25) is 0 Å². The van der Waals surface area contributed by atoms with E-state index in [4.69, 9.17) is 27.9 Å². The molecule has 0 bridgehead atoms. The lowest BCUT2D eigenvalue weighted by Crippen LogP contribution is -2.71. The van der Waals surface area contributed by atoms with Gasteiger partial charge < -0.3 is 15.0 Å². The minimum absolute atomic E-state index is 0.00323. The van der Waals surface area contributed by atoms with Crippen molar-refractivity contribution in [1.29, 1.82) is 0 Å². The van der Waals surface area contributed by atoms with Crippen LogP contribution in [0.1, 0.15) is 24.2 Å². The number of anilines is 1. The summed E-state index contributed by atoms with van der Waals surface area (Å²) in [6.45, 7) is 5.58. The van der Waals surface area contributed by atoms with Gasteiger partial charge in [0.25, 0.3) is 0 Å². The van der Waals surface area contributed by atoms with Crippen molar-refractivity contribution < 1.29 is 17.9 Å². The average molecular weight is 549 g/mol. The van der Waals surface area contributed by atoms with E-state index in [1.54, 1.807) is 13.1 Å². The number of ether oxygens (including phenoxy) is 1. The summed E-state index contributed by atoms with van der Waals surface area (Å²) in [5.41, 5.74) is 0.711. The van der Waals surface area contributed by atoms with Gasteiger partial charge >= 0.3 is 6.18 Å². The van der Waals surface area contributed by atoms with E-state index in [2.05, 4.69) is 30.4 Å². The molecule has 7 nitrogen and oxygen atoms in total. The topological polar surface area (TPSA) is 79.0 Å². The molecule has 2 fully saturated rings. The highest BCUT2D eigenvalue weighted by Gasteiger charge is 2.47. The first-order chi connectivity index (χ1) is 17.6. The lowest BCUT2D eigenvalue weighted by Gasteiger charge is -2.56. The number of hydrogen-bond acceptors (Lipinski definition) is 6. The number of hydrogen-bond donors (Lipinski definition) is 2. The smallest absolute Gasteiger partial charge is 0.418 e. The third-order valence-electron chi connectivity index (χ3n) is 6.96. The predicted octanol–water partition coefficient (Wildman–Crippen LogP) is 5.90. The van der Waals surface area contributed by atoms with Gasteiger partial charge in [0, 0.05) is 66.7 Å². The molecular formula is C25H21Cl2F3N6O. The Morgan fingerprint density at radius 1 is 1.08 bits per heavy atom. The van der Waals surface area contributed by atoms with E-state index >= 15 is 0 Å². The van der Waals surface area contributed by atoms with Crippen molar-refractivity contribution >= 4 is 39.9 Å². The van der Waals surface area contributed by atoms with Crippen LogP contribution < -0.4 is 15.0 Å². The number of aromatic nitrogens is 4. The largest absolute Gasteiger partial charge is 0.486 e. The summed E-state index contributed by atoms with van der Waals surface area (Å²) in [4.78, 5) is 10.7. The molecule has 0 amide bonds. The van der Waals surface area contributed by atoms with Gasteiger partial charge in [-0.05, 0) is 31.2 Å². The molecule has 2 aliphatic heterocycles.